The van der Waals surface area contributed by atoms with Crippen LogP contribution >= 0.6 is 0 Å². The summed E-state index contributed by atoms with van der Waals surface area (Å²) in [6, 6.07) is 0. The molecule has 31 heavy (non-hydrogen) atoms. The predicted octanol–water partition coefficient (Wildman–Crippen LogP) is 1.46. The van der Waals surface area contributed by atoms with Crippen LogP contribution in [-0.2, 0) is 33.3 Å². The SMILES string of the molecule is C=C1C[C@]23C[C@@]1(OC(C)=O)CC[C@@]21O[C@]12C=C[C@H](O)[C@@](C)(C(=O)OC)[C@H]2[C@@H]3C(=O)OC. The molecule has 0 radical (unpaired) electrons. The van der Waals surface area contributed by atoms with Crippen molar-refractivity contribution in [2.45, 2.75) is 62.4 Å². The van der Waals surface area contributed by atoms with E-state index in [4.69, 9.17) is 18.9 Å². The van der Waals surface area contributed by atoms with E-state index in [1.165, 1.54) is 21.1 Å². The lowest BCUT2D eigenvalue weighted by Gasteiger charge is -2.47. The number of esters is 3. The van der Waals surface area contributed by atoms with Crippen molar-refractivity contribution < 1.29 is 38.4 Å². The number of hydrogen-bond acceptors (Lipinski definition) is 8. The standard InChI is InChI=1S/C23H28O8/c1-12-10-20-11-21(12,30-13(2)24)8-9-23(20)22(31-23)7-6-14(25)19(3,18(27)29-5)16(22)15(20)17(26)28-4/h6-7,14-16,25H,1,8-11H2,2-5H3/t14-,15+,16+,19+,20+,21-,22-,23+/m0/s1. The molecular formula is C23H28O8. The zero-order chi connectivity index (χ0) is 22.6. The first-order valence-corrected chi connectivity index (χ1v) is 10.6. The van der Waals surface area contributed by atoms with E-state index >= 15 is 0 Å². The zero-order valence-corrected chi connectivity index (χ0v) is 18.2. The van der Waals surface area contributed by atoms with Crippen LogP contribution in [0, 0.1) is 22.7 Å². The van der Waals surface area contributed by atoms with Gasteiger partial charge < -0.3 is 24.1 Å². The molecule has 1 N–H and O–H groups in total. The fourth-order valence-corrected chi connectivity index (χ4v) is 7.84. The van der Waals surface area contributed by atoms with E-state index in [0.717, 1.165) is 5.57 Å². The molecule has 5 aliphatic rings. The van der Waals surface area contributed by atoms with E-state index in [9.17, 15) is 19.5 Å². The topological polar surface area (TPSA) is 112 Å². The lowest BCUT2D eigenvalue weighted by molar-refractivity contribution is -0.182. The number of rotatable bonds is 3. The fourth-order valence-electron chi connectivity index (χ4n) is 7.84. The Balaban J connectivity index is 1.73. The van der Waals surface area contributed by atoms with Crippen LogP contribution in [0.15, 0.2) is 24.3 Å². The number of aliphatic hydroxyl groups excluding tert-OH is 1. The molecule has 1 aliphatic heterocycles. The maximum atomic E-state index is 13.3. The van der Waals surface area contributed by atoms with Crippen LogP contribution in [0.1, 0.15) is 39.5 Å². The summed E-state index contributed by atoms with van der Waals surface area (Å²) in [6.07, 6.45) is 4.10. The van der Waals surface area contributed by atoms with Crippen LogP contribution in [0.4, 0.5) is 0 Å². The van der Waals surface area contributed by atoms with Gasteiger partial charge in [-0.15, -0.1) is 0 Å². The van der Waals surface area contributed by atoms with Gasteiger partial charge in [-0.1, -0.05) is 18.7 Å². The monoisotopic (exact) mass is 432 g/mol. The number of epoxide rings is 1. The third kappa shape index (κ3) is 1.98. The molecule has 0 aromatic carbocycles. The molecule has 8 nitrogen and oxygen atoms in total. The van der Waals surface area contributed by atoms with Gasteiger partial charge in [-0.3, -0.25) is 14.4 Å². The Morgan fingerprint density at radius 2 is 1.94 bits per heavy atom. The van der Waals surface area contributed by atoms with Crippen molar-refractivity contribution in [2.75, 3.05) is 14.2 Å². The van der Waals surface area contributed by atoms with E-state index in [1.54, 1.807) is 13.0 Å². The van der Waals surface area contributed by atoms with Crippen molar-refractivity contribution in [3.63, 3.8) is 0 Å². The summed E-state index contributed by atoms with van der Waals surface area (Å²) in [5.41, 5.74) is -3.92. The summed E-state index contributed by atoms with van der Waals surface area (Å²) in [6.45, 7) is 7.21. The summed E-state index contributed by atoms with van der Waals surface area (Å²) in [5.74, 6) is -2.93. The van der Waals surface area contributed by atoms with E-state index in [1.807, 2.05) is 6.08 Å². The van der Waals surface area contributed by atoms with E-state index < -0.39 is 63.5 Å². The second kappa shape index (κ2) is 5.78. The van der Waals surface area contributed by atoms with Gasteiger partial charge in [0.15, 0.2) is 0 Å². The van der Waals surface area contributed by atoms with Crippen molar-refractivity contribution in [3.8, 4) is 0 Å². The van der Waals surface area contributed by atoms with Crippen molar-refractivity contribution in [2.24, 2.45) is 22.7 Å². The quantitative estimate of drug-likeness (QED) is 0.309. The summed E-state index contributed by atoms with van der Waals surface area (Å²) in [5, 5.41) is 10.9. The molecule has 8 heteroatoms. The molecule has 1 heterocycles. The van der Waals surface area contributed by atoms with Crippen molar-refractivity contribution in [3.05, 3.63) is 24.3 Å². The minimum atomic E-state index is -1.41. The van der Waals surface area contributed by atoms with Crippen molar-refractivity contribution >= 4 is 17.9 Å². The summed E-state index contributed by atoms with van der Waals surface area (Å²) < 4.78 is 22.7. The molecule has 0 aromatic rings. The van der Waals surface area contributed by atoms with E-state index in [-0.39, 0.29) is 0 Å². The lowest BCUT2D eigenvalue weighted by atomic mass is 9.59. The average molecular weight is 432 g/mol. The smallest absolute Gasteiger partial charge is 0.314 e. The van der Waals surface area contributed by atoms with Crippen LogP contribution in [0.5, 0.6) is 0 Å². The lowest BCUT2D eigenvalue weighted by Crippen LogP contribution is -2.57. The largest absolute Gasteiger partial charge is 0.469 e. The van der Waals surface area contributed by atoms with Crippen LogP contribution in [0.2, 0.25) is 0 Å². The van der Waals surface area contributed by atoms with Crippen LogP contribution in [0.3, 0.4) is 0 Å². The number of aliphatic hydroxyl groups is 1. The third-order valence-electron chi connectivity index (χ3n) is 8.99. The van der Waals surface area contributed by atoms with Gasteiger partial charge in [-0.05, 0) is 31.8 Å². The molecule has 8 atom stereocenters. The minimum Gasteiger partial charge on any atom is -0.469 e. The number of methoxy groups -OCH3 is 2. The highest BCUT2D eigenvalue weighted by atomic mass is 16.6. The normalized spacial score (nSPS) is 50.7. The third-order valence-corrected chi connectivity index (χ3v) is 8.99. The predicted molar refractivity (Wildman–Crippen MR) is 105 cm³/mol. The Kier molecular flexibility index (Phi) is 3.86. The molecule has 3 spiro atoms. The highest BCUT2D eigenvalue weighted by molar-refractivity contribution is 5.84. The number of hydrogen-bond donors (Lipinski definition) is 1. The van der Waals surface area contributed by atoms with Gasteiger partial charge in [0.05, 0.1) is 26.2 Å². The number of fused-ring (bicyclic) bond motifs is 1. The fraction of sp³-hybridized carbons (Fsp3) is 0.696. The highest BCUT2D eigenvalue weighted by Crippen LogP contribution is 2.85. The van der Waals surface area contributed by atoms with Crippen molar-refractivity contribution in [1.82, 2.24) is 0 Å². The molecule has 3 saturated carbocycles. The van der Waals surface area contributed by atoms with Crippen LogP contribution in [-0.4, -0.2) is 60.1 Å². The Labute approximate surface area is 180 Å². The first-order chi connectivity index (χ1) is 14.5. The van der Waals surface area contributed by atoms with Gasteiger partial charge in [-0.2, -0.15) is 0 Å². The Hall–Kier alpha value is -2.19. The summed E-state index contributed by atoms with van der Waals surface area (Å²) in [7, 11) is 2.59. The van der Waals surface area contributed by atoms with Gasteiger partial charge in [0, 0.05) is 24.7 Å². The second-order valence-corrected chi connectivity index (χ2v) is 9.98. The molecule has 168 valence electrons. The van der Waals surface area contributed by atoms with Gasteiger partial charge in [0.25, 0.3) is 0 Å². The molecule has 4 fully saturated rings. The minimum absolute atomic E-state index is 0.373. The first-order valence-electron chi connectivity index (χ1n) is 10.6. The number of carbonyl (C=O) groups excluding carboxylic acids is 3. The average Bonchev–Trinajstić information content (AvgIpc) is 3.24. The van der Waals surface area contributed by atoms with E-state index in [0.29, 0.717) is 25.7 Å². The molecule has 2 bridgehead atoms. The molecule has 1 saturated heterocycles. The van der Waals surface area contributed by atoms with Gasteiger partial charge in [0.1, 0.15) is 22.2 Å². The number of ether oxygens (including phenoxy) is 4. The first kappa shape index (κ1) is 20.7. The molecule has 5 rings (SSSR count). The maximum Gasteiger partial charge on any atom is 0.314 e. The molecular weight excluding hydrogens is 404 g/mol. The van der Waals surface area contributed by atoms with E-state index in [2.05, 4.69) is 6.58 Å². The summed E-state index contributed by atoms with van der Waals surface area (Å²) >= 11 is 0. The van der Waals surface area contributed by atoms with Gasteiger partial charge in [0.2, 0.25) is 0 Å². The van der Waals surface area contributed by atoms with Crippen LogP contribution in [0.25, 0.3) is 0 Å². The molecule has 0 unspecified atom stereocenters. The van der Waals surface area contributed by atoms with Gasteiger partial charge >= 0.3 is 17.9 Å². The Bertz CT molecular complexity index is 955. The Morgan fingerprint density at radius 3 is 2.55 bits per heavy atom. The molecule has 0 aromatic heterocycles. The number of carbonyl (C=O) groups is 3. The van der Waals surface area contributed by atoms with Crippen LogP contribution < -0.4 is 0 Å². The highest BCUT2D eigenvalue weighted by Gasteiger charge is 2.95. The molecule has 0 amide bonds. The maximum absolute atomic E-state index is 13.3. The zero-order valence-electron chi connectivity index (χ0n) is 18.2. The summed E-state index contributed by atoms with van der Waals surface area (Å²) in [4.78, 5) is 38.3. The van der Waals surface area contributed by atoms with Gasteiger partial charge in [-0.25, -0.2) is 0 Å². The second-order valence-electron chi connectivity index (χ2n) is 9.98. The van der Waals surface area contributed by atoms with Crippen molar-refractivity contribution in [1.29, 1.82) is 0 Å². The molecule has 4 aliphatic carbocycles. The Morgan fingerprint density at radius 1 is 1.23 bits per heavy atom.